The molecule has 2 aliphatic heterocycles. The van der Waals surface area contributed by atoms with E-state index < -0.39 is 85.9 Å². The molecule has 0 aromatic rings. The summed E-state index contributed by atoms with van der Waals surface area (Å²) in [6.07, 6.45) is -4.16. The van der Waals surface area contributed by atoms with Crippen molar-refractivity contribution in [1.29, 1.82) is 0 Å². The number of unbranched alkanes of at least 4 members (excludes halogenated alkanes) is 1. The van der Waals surface area contributed by atoms with Crippen molar-refractivity contribution in [2.24, 2.45) is 17.4 Å². The zero-order valence-corrected chi connectivity index (χ0v) is 57.0. The third kappa shape index (κ3) is 62.7. The smallest absolute Gasteiger partial charge is 0.481 e. The van der Waals surface area contributed by atoms with Gasteiger partial charge in [-0.1, -0.05) is 49.6 Å². The SMILES string of the molecule is CC(=O)[C@H](COC(C)(C)C)NC(=O)OC(C)(C)C.CNC(=O)C=O.CNC(=O)[C@@H](N)CO.CNC(=O)[C@H](COC(C)(C)C)NC(=O)OC(C)(C)C.NCCCC[C@@H](C(=O)O)C1SSC2(SS1)SS2.O=CC(F)(F)F.[Na+].[O-][I+3]([O-])([O-])[O-]. The van der Waals surface area contributed by atoms with E-state index in [0.717, 1.165) is 19.3 Å². The van der Waals surface area contributed by atoms with Crippen molar-refractivity contribution in [3.05, 3.63) is 0 Å². The van der Waals surface area contributed by atoms with Gasteiger partial charge in [0.15, 0.2) is 8.53 Å². The van der Waals surface area contributed by atoms with Crippen LogP contribution in [-0.2, 0) is 52.5 Å². The van der Waals surface area contributed by atoms with Crippen LogP contribution in [0.2, 0.25) is 0 Å². The first-order valence-corrected chi connectivity index (χ1v) is 33.1. The minimum Gasteiger partial charge on any atom is -0.481 e. The van der Waals surface area contributed by atoms with E-state index in [-0.39, 0.29) is 97.7 Å². The van der Waals surface area contributed by atoms with Gasteiger partial charge in [-0.05, 0) is 131 Å². The molecule has 4 atom stereocenters. The average Bonchev–Trinajstić information content (AvgIpc) is 4.06. The molecule has 466 valence electrons. The number of alkyl carbamates (subject to hydrolysis) is 2. The van der Waals surface area contributed by atoms with Gasteiger partial charge in [0.1, 0.15) is 49.4 Å². The van der Waals surface area contributed by atoms with Crippen molar-refractivity contribution >= 4 is 119 Å². The molecule has 11 N–H and O–H groups in total. The number of carbonyl (C=O) groups excluding carboxylic acids is 8. The molecule has 2 saturated heterocycles. The number of hydrogen-bond acceptors (Lipinski definition) is 26. The van der Waals surface area contributed by atoms with Crippen LogP contribution < -0.4 is 101 Å². The number of likely N-dealkylation sites (N-methyl/N-ethyl adjacent to an activating group) is 3. The van der Waals surface area contributed by atoms with Gasteiger partial charge in [0, 0.05) is 21.1 Å². The predicted molar refractivity (Wildman–Crippen MR) is 290 cm³/mol. The number of carbonyl (C=O) groups is 9. The molecule has 5 amide bonds. The summed E-state index contributed by atoms with van der Waals surface area (Å²) in [7, 11) is 15.2. The number of rotatable bonds is 17. The molecule has 0 unspecified atom stereocenters. The molecular weight excluding hydrogens is 1320 g/mol. The van der Waals surface area contributed by atoms with Gasteiger partial charge >= 0.3 is 53.9 Å². The number of halogens is 4. The van der Waals surface area contributed by atoms with Crippen molar-refractivity contribution in [2.45, 2.75) is 163 Å². The fraction of sp³-hybridized carbons (Fsp3) is 0.791. The number of carboxylic acids is 1. The van der Waals surface area contributed by atoms with E-state index in [1.807, 2.05) is 84.7 Å². The molecule has 0 bridgehead atoms. The number of carboxylic acid groups (broad SMARTS) is 1. The van der Waals surface area contributed by atoms with Gasteiger partial charge in [0.05, 0.1) is 41.5 Å². The van der Waals surface area contributed by atoms with Crippen LogP contribution in [-0.4, -0.2) is 166 Å². The Morgan fingerprint density at radius 1 is 0.688 bits per heavy atom. The maximum Gasteiger partial charge on any atom is 1.00 e. The van der Waals surface area contributed by atoms with Crippen LogP contribution in [0, 0.1) is 5.92 Å². The quantitative estimate of drug-likeness (QED) is 0.0125. The Hall–Kier alpha value is -1.31. The average molecular weight is 1400 g/mol. The summed E-state index contributed by atoms with van der Waals surface area (Å²) in [6.45, 7) is 23.8. The third-order valence-corrected chi connectivity index (χ3v) is 21.3. The standard InChI is InChI=1S/C13H26N2O4.C13H25NO4.C8H13NO2S6.C4H10N2O2.C3H5NO2.C2HF3O.IO4.Na/c1-12(2,3)18-8-9(10(16)14-7)15-11(17)19-13(4,5)6;1-9(15)10(8-17-12(2,3)4)14-11(16)18-13(5,6)7;9-4-2-1-3-5(6(10)11)7-12-14-8(15-13-7)16-17-8;1-6-4(8)3(5)2-7;1-4-3(6)2-5;3-2(4,5)1-6;2-1(3,4)5;/h9H,8H2,1-7H3,(H,14,16)(H,15,17);10H,8H2,1-7H3,(H,14,16);5,7H,1-4,9H2,(H,10,11);3,7H,2,5H2,1H3,(H,6,8);2H,1H3,(H,4,6);1H;;/q;;;;;;-1;+1/t9-;10-;5-;3-;;;;/m0000..../s1. The molecular formula is C43H80F3IN7NaO19S6. The molecule has 0 aliphatic carbocycles. The monoisotopic (exact) mass is 1400 g/mol. The van der Waals surface area contributed by atoms with Crippen LogP contribution in [0.1, 0.15) is 109 Å². The van der Waals surface area contributed by atoms with Gasteiger partial charge in [-0.15, -0.1) is 0 Å². The normalized spacial score (nSPS) is 15.0. The number of nitrogens with one attached hydrogen (secondary N) is 5. The summed E-state index contributed by atoms with van der Waals surface area (Å²) in [4.78, 5) is 95.6. The van der Waals surface area contributed by atoms with Crippen molar-refractivity contribution in [3.63, 3.8) is 0 Å². The molecule has 0 radical (unpaired) electrons. The van der Waals surface area contributed by atoms with E-state index in [1.54, 1.807) is 63.1 Å². The summed E-state index contributed by atoms with van der Waals surface area (Å²) in [5.41, 5.74) is 8.57. The molecule has 1 spiro atoms. The molecule has 2 heterocycles. The number of aliphatic carboxylic acids is 1. The summed E-state index contributed by atoms with van der Waals surface area (Å²) >= 11 is -5.94. The van der Waals surface area contributed by atoms with E-state index in [4.69, 9.17) is 54.1 Å². The van der Waals surface area contributed by atoms with Crippen LogP contribution >= 0.6 is 64.8 Å². The van der Waals surface area contributed by atoms with Crippen LogP contribution in [0.5, 0.6) is 0 Å². The number of alkyl halides is 3. The van der Waals surface area contributed by atoms with Crippen LogP contribution in [0.3, 0.4) is 0 Å². The molecule has 0 aromatic heterocycles. The molecule has 0 aromatic carbocycles. The number of aldehydes is 2. The van der Waals surface area contributed by atoms with Gasteiger partial charge < -0.3 is 67.2 Å². The van der Waals surface area contributed by atoms with Gasteiger partial charge in [-0.25, -0.2) is 9.59 Å². The number of ether oxygens (including phenoxy) is 4. The zero-order chi connectivity index (χ0) is 63.4. The first-order chi connectivity index (χ1) is 35.6. The van der Waals surface area contributed by atoms with Gasteiger partial charge in [-0.2, -0.15) is 13.2 Å². The number of nitrogens with two attached hydrogens (primary N) is 2. The van der Waals surface area contributed by atoms with Gasteiger partial charge in [0.2, 0.25) is 24.4 Å². The maximum absolute atomic E-state index is 11.7. The molecule has 2 aliphatic rings. The van der Waals surface area contributed by atoms with Crippen LogP contribution in [0.25, 0.3) is 0 Å². The van der Waals surface area contributed by atoms with Crippen LogP contribution in [0.15, 0.2) is 0 Å². The zero-order valence-electron chi connectivity index (χ0n) is 47.9. The molecule has 80 heavy (non-hydrogen) atoms. The van der Waals surface area contributed by atoms with Crippen molar-refractivity contribution < 1.29 is 149 Å². The predicted octanol–water partition coefficient (Wildman–Crippen LogP) is -5.37. The second kappa shape index (κ2) is 45.1. The molecule has 26 nitrogen and oxygen atoms in total. The number of aliphatic hydroxyl groups is 1. The Kier molecular flexibility index (Phi) is 50.6. The Bertz CT molecular complexity index is 1820. The van der Waals surface area contributed by atoms with E-state index in [9.17, 15) is 56.6 Å². The van der Waals surface area contributed by atoms with E-state index in [1.165, 1.54) is 28.1 Å². The number of aliphatic hydroxyl groups excluding tert-OH is 1. The van der Waals surface area contributed by atoms with Gasteiger partial charge in [-0.3, -0.25) is 47.3 Å². The summed E-state index contributed by atoms with van der Waals surface area (Å²) in [6, 6.07) is -2.24. The Morgan fingerprint density at radius 2 is 1.06 bits per heavy atom. The second-order valence-electron chi connectivity index (χ2n) is 19.3. The number of amides is 5. The fourth-order valence-corrected chi connectivity index (χ4v) is 17.7. The second-order valence-corrected chi connectivity index (χ2v) is 30.9. The molecule has 37 heteroatoms. The van der Waals surface area contributed by atoms with Crippen molar-refractivity contribution in [3.8, 4) is 0 Å². The van der Waals surface area contributed by atoms with Gasteiger partial charge in [0.25, 0.3) is 5.91 Å². The van der Waals surface area contributed by atoms with E-state index in [0.29, 0.717) is 6.54 Å². The first kappa shape index (κ1) is 89.9. The minimum absolute atomic E-state index is 0. The Labute approximate surface area is 518 Å². The number of ketones is 1. The third-order valence-electron chi connectivity index (χ3n) is 7.39. The number of Topliss-reactive ketones (excluding diaryl/α,β-unsaturated/α-hetero) is 1. The summed E-state index contributed by atoms with van der Waals surface area (Å²) in [5.74, 6) is -2.33. The van der Waals surface area contributed by atoms with Crippen molar-refractivity contribution in [1.82, 2.24) is 26.6 Å². The topological polar surface area (TPSA) is 435 Å². The first-order valence-electron chi connectivity index (χ1n) is 23.0. The minimum atomic E-state index is -5.94. The van der Waals surface area contributed by atoms with Crippen molar-refractivity contribution in [2.75, 3.05) is 47.5 Å². The summed E-state index contributed by atoms with van der Waals surface area (Å²) < 4.78 is 87.3. The fourth-order valence-electron chi connectivity index (χ4n) is 3.86. The molecule has 0 saturated carbocycles. The molecule has 2 fully saturated rings. The Morgan fingerprint density at radius 3 is 1.30 bits per heavy atom. The maximum atomic E-state index is 11.7. The number of hydrogen-bond donors (Lipinski definition) is 9. The molecule has 2 rings (SSSR count). The Balaban J connectivity index is -0.000000211. The van der Waals surface area contributed by atoms with E-state index in [2.05, 4.69) is 26.6 Å². The van der Waals surface area contributed by atoms with E-state index >= 15 is 0 Å². The van der Waals surface area contributed by atoms with Crippen LogP contribution in [0.4, 0.5) is 22.8 Å². The largest absolute Gasteiger partial charge is 1.00 e. The summed E-state index contributed by atoms with van der Waals surface area (Å²) in [5, 5.41) is 29.4.